The van der Waals surface area contributed by atoms with Crippen LogP contribution in [0, 0.1) is 0 Å². The molecular weight excluding hydrogens is 410 g/mol. The molecule has 2 amide bonds. The molecule has 0 aliphatic carbocycles. The molecule has 2 heterocycles. The molecule has 0 saturated heterocycles. The highest BCUT2D eigenvalue weighted by atomic mass is 79.9. The molecule has 7 nitrogen and oxygen atoms in total. The number of imidazole rings is 1. The quantitative estimate of drug-likeness (QED) is 0.603. The number of carbonyl (C=O) groups excluding carboxylic acids is 2. The van der Waals surface area contributed by atoms with Crippen LogP contribution in [-0.2, 0) is 22.7 Å². The summed E-state index contributed by atoms with van der Waals surface area (Å²) in [5.41, 5.74) is 2.45. The Kier molecular flexibility index (Phi) is 6.18. The van der Waals surface area contributed by atoms with Gasteiger partial charge in [0.1, 0.15) is 5.82 Å². The average molecular weight is 430 g/mol. The van der Waals surface area contributed by atoms with Crippen molar-refractivity contribution in [1.29, 1.82) is 0 Å². The third-order valence-corrected chi connectivity index (χ3v) is 4.51. The van der Waals surface area contributed by atoms with Crippen molar-refractivity contribution < 1.29 is 9.59 Å². The third-order valence-electron chi connectivity index (χ3n) is 4.08. The van der Waals surface area contributed by atoms with Gasteiger partial charge in [-0.15, -0.1) is 0 Å². The van der Waals surface area contributed by atoms with Gasteiger partial charge in [0.15, 0.2) is 5.65 Å². The first-order valence-electron chi connectivity index (χ1n) is 8.57. The van der Waals surface area contributed by atoms with Crippen molar-refractivity contribution in [1.82, 2.24) is 25.2 Å². The van der Waals surface area contributed by atoms with E-state index >= 15 is 0 Å². The predicted molar refractivity (Wildman–Crippen MR) is 106 cm³/mol. The number of pyridine rings is 1. The molecule has 0 bridgehead atoms. The molecule has 0 fully saturated rings. The number of halogens is 1. The van der Waals surface area contributed by atoms with Gasteiger partial charge in [0.05, 0.1) is 12.1 Å². The number of hydrogen-bond acceptors (Lipinski definition) is 4. The zero-order chi connectivity index (χ0) is 19.2. The highest BCUT2D eigenvalue weighted by Crippen LogP contribution is 2.15. The lowest BCUT2D eigenvalue weighted by atomic mass is 10.2. The van der Waals surface area contributed by atoms with Crippen LogP contribution in [0.25, 0.3) is 11.2 Å². The molecule has 0 aliphatic rings. The van der Waals surface area contributed by atoms with Crippen LogP contribution in [0.15, 0.2) is 47.1 Å². The molecule has 0 atom stereocenters. The second kappa shape index (κ2) is 8.77. The molecule has 2 aromatic heterocycles. The minimum atomic E-state index is -0.135. The molecule has 8 heteroatoms. The van der Waals surface area contributed by atoms with Crippen LogP contribution in [0.5, 0.6) is 0 Å². The molecule has 3 aromatic rings. The maximum atomic E-state index is 12.2. The van der Waals surface area contributed by atoms with E-state index in [0.29, 0.717) is 24.6 Å². The van der Waals surface area contributed by atoms with Crippen LogP contribution in [0.3, 0.4) is 0 Å². The Hall–Kier alpha value is -2.74. The number of benzene rings is 1. The lowest BCUT2D eigenvalue weighted by Gasteiger charge is -2.20. The van der Waals surface area contributed by atoms with E-state index in [0.717, 1.165) is 15.6 Å². The van der Waals surface area contributed by atoms with Gasteiger partial charge in [0, 0.05) is 37.1 Å². The summed E-state index contributed by atoms with van der Waals surface area (Å²) in [6.07, 6.45) is 1.91. The first kappa shape index (κ1) is 19.0. The van der Waals surface area contributed by atoms with E-state index in [1.54, 1.807) is 11.1 Å². The Morgan fingerprint density at radius 1 is 1.26 bits per heavy atom. The van der Waals surface area contributed by atoms with Gasteiger partial charge in [-0.05, 0) is 27.6 Å². The maximum Gasteiger partial charge on any atom is 0.222 e. The minimum absolute atomic E-state index is 0.0550. The standard InChI is InChI=1S/C19H20BrN5O2/c1-13(26)25(12-14-5-3-2-4-6-14)8-7-18(27)21-11-17-23-16-9-15(20)10-22-19(16)24-17/h2-6,9-10H,7-8,11-12H2,1H3,(H,21,27)(H,22,23,24). The van der Waals surface area contributed by atoms with E-state index in [9.17, 15) is 9.59 Å². The number of nitrogens with one attached hydrogen (secondary N) is 2. The van der Waals surface area contributed by atoms with Crippen molar-refractivity contribution >= 4 is 38.9 Å². The highest BCUT2D eigenvalue weighted by Gasteiger charge is 2.12. The van der Waals surface area contributed by atoms with Gasteiger partial charge < -0.3 is 15.2 Å². The van der Waals surface area contributed by atoms with Gasteiger partial charge in [0.2, 0.25) is 11.8 Å². The summed E-state index contributed by atoms with van der Waals surface area (Å²) >= 11 is 3.36. The summed E-state index contributed by atoms with van der Waals surface area (Å²) < 4.78 is 0.858. The van der Waals surface area contributed by atoms with Crippen molar-refractivity contribution in [2.24, 2.45) is 0 Å². The largest absolute Gasteiger partial charge is 0.349 e. The van der Waals surface area contributed by atoms with Crippen LogP contribution in [0.2, 0.25) is 0 Å². The Bertz CT molecular complexity index is 942. The summed E-state index contributed by atoms with van der Waals surface area (Å²) in [6.45, 7) is 2.66. The van der Waals surface area contributed by atoms with Gasteiger partial charge in [-0.2, -0.15) is 0 Å². The van der Waals surface area contributed by atoms with Gasteiger partial charge in [-0.3, -0.25) is 9.59 Å². The fraction of sp³-hybridized carbons (Fsp3) is 0.263. The molecule has 0 saturated carbocycles. The number of fused-ring (bicyclic) bond motifs is 1. The van der Waals surface area contributed by atoms with Crippen LogP contribution in [0.1, 0.15) is 24.7 Å². The van der Waals surface area contributed by atoms with E-state index < -0.39 is 0 Å². The van der Waals surface area contributed by atoms with Crippen molar-refractivity contribution in [2.75, 3.05) is 6.54 Å². The Morgan fingerprint density at radius 3 is 2.78 bits per heavy atom. The maximum absolute atomic E-state index is 12.2. The summed E-state index contributed by atoms with van der Waals surface area (Å²) in [7, 11) is 0. The zero-order valence-corrected chi connectivity index (χ0v) is 16.5. The molecule has 0 radical (unpaired) electrons. The Morgan fingerprint density at radius 2 is 2.04 bits per heavy atom. The van der Waals surface area contributed by atoms with E-state index in [-0.39, 0.29) is 24.8 Å². The topological polar surface area (TPSA) is 91.0 Å². The average Bonchev–Trinajstić information content (AvgIpc) is 3.06. The van der Waals surface area contributed by atoms with Crippen molar-refractivity contribution in [2.45, 2.75) is 26.4 Å². The van der Waals surface area contributed by atoms with E-state index in [4.69, 9.17) is 0 Å². The number of aromatic amines is 1. The fourth-order valence-electron chi connectivity index (χ4n) is 2.67. The summed E-state index contributed by atoms with van der Waals surface area (Å²) in [6, 6.07) is 11.6. The van der Waals surface area contributed by atoms with E-state index in [1.807, 2.05) is 36.4 Å². The number of hydrogen-bond donors (Lipinski definition) is 2. The van der Waals surface area contributed by atoms with E-state index in [1.165, 1.54) is 6.92 Å². The van der Waals surface area contributed by atoms with Gasteiger partial charge >= 0.3 is 0 Å². The Balaban J connectivity index is 1.50. The normalized spacial score (nSPS) is 10.7. The lowest BCUT2D eigenvalue weighted by Crippen LogP contribution is -2.33. The van der Waals surface area contributed by atoms with Gasteiger partial charge in [-0.1, -0.05) is 30.3 Å². The molecule has 0 aliphatic heterocycles. The van der Waals surface area contributed by atoms with Crippen LogP contribution >= 0.6 is 15.9 Å². The number of aromatic nitrogens is 3. The number of carbonyl (C=O) groups is 2. The van der Waals surface area contributed by atoms with E-state index in [2.05, 4.69) is 36.2 Å². The molecule has 2 N–H and O–H groups in total. The monoisotopic (exact) mass is 429 g/mol. The third kappa shape index (κ3) is 5.37. The van der Waals surface area contributed by atoms with Gasteiger partial charge in [0.25, 0.3) is 0 Å². The summed E-state index contributed by atoms with van der Waals surface area (Å²) in [5, 5.41) is 2.82. The second-order valence-corrected chi connectivity index (χ2v) is 7.08. The molecule has 3 rings (SSSR count). The molecule has 0 unspecified atom stereocenters. The zero-order valence-electron chi connectivity index (χ0n) is 14.9. The molecule has 0 spiro atoms. The highest BCUT2D eigenvalue weighted by molar-refractivity contribution is 9.10. The SMILES string of the molecule is CC(=O)N(CCC(=O)NCc1nc2ncc(Br)cc2[nH]1)Cc1ccccc1. The minimum Gasteiger partial charge on any atom is -0.349 e. The predicted octanol–water partition coefficient (Wildman–Crippen LogP) is 2.78. The summed E-state index contributed by atoms with van der Waals surface area (Å²) in [4.78, 5) is 37.3. The number of nitrogens with zero attached hydrogens (tertiary/aromatic N) is 3. The smallest absolute Gasteiger partial charge is 0.222 e. The fourth-order valence-corrected chi connectivity index (χ4v) is 3.00. The number of amides is 2. The van der Waals surface area contributed by atoms with Crippen molar-refractivity contribution in [3.8, 4) is 0 Å². The van der Waals surface area contributed by atoms with Crippen LogP contribution < -0.4 is 5.32 Å². The summed E-state index contributed by atoms with van der Waals surface area (Å²) in [5.74, 6) is 0.446. The molecular formula is C19H20BrN5O2. The first-order valence-corrected chi connectivity index (χ1v) is 9.37. The molecule has 27 heavy (non-hydrogen) atoms. The van der Waals surface area contributed by atoms with Crippen LogP contribution in [-0.4, -0.2) is 38.2 Å². The number of rotatable bonds is 7. The first-order chi connectivity index (χ1) is 13.0. The number of H-pyrrole nitrogens is 1. The second-order valence-electron chi connectivity index (χ2n) is 6.16. The van der Waals surface area contributed by atoms with Gasteiger partial charge in [-0.25, -0.2) is 9.97 Å². The van der Waals surface area contributed by atoms with Crippen molar-refractivity contribution in [3.63, 3.8) is 0 Å². The Labute approximate surface area is 165 Å². The lowest BCUT2D eigenvalue weighted by molar-refractivity contribution is -0.130. The molecule has 140 valence electrons. The van der Waals surface area contributed by atoms with Crippen molar-refractivity contribution in [3.05, 3.63) is 58.5 Å². The van der Waals surface area contributed by atoms with Crippen LogP contribution in [0.4, 0.5) is 0 Å². The molecule has 1 aromatic carbocycles.